The molecule has 0 amide bonds. The maximum absolute atomic E-state index is 11.9. The van der Waals surface area contributed by atoms with E-state index in [1.807, 2.05) is 21.8 Å². The molecule has 0 atom stereocenters. The summed E-state index contributed by atoms with van der Waals surface area (Å²) in [5.41, 5.74) is 0.522. The number of aromatic amines is 1. The number of anilines is 1. The number of aromatic nitrogens is 4. The lowest BCUT2D eigenvalue weighted by atomic mass is 10.0. The quantitative estimate of drug-likeness (QED) is 0.576. The Kier molecular flexibility index (Phi) is 3.68. The van der Waals surface area contributed by atoms with E-state index in [9.17, 15) is 14.9 Å². The molecule has 0 bridgehead atoms. The van der Waals surface area contributed by atoms with E-state index < -0.39 is 4.92 Å². The molecule has 3 heterocycles. The van der Waals surface area contributed by atoms with Gasteiger partial charge in [0.15, 0.2) is 0 Å². The minimum atomic E-state index is -0.444. The summed E-state index contributed by atoms with van der Waals surface area (Å²) in [5, 5.41) is 16.0. The van der Waals surface area contributed by atoms with Gasteiger partial charge in [0.05, 0.1) is 28.2 Å². The average Bonchev–Trinajstić information content (AvgIpc) is 3.16. The molecule has 1 fully saturated rings. The number of H-pyrrole nitrogens is 1. The van der Waals surface area contributed by atoms with Crippen molar-refractivity contribution >= 4 is 22.3 Å². The molecule has 4 rings (SSSR count). The summed E-state index contributed by atoms with van der Waals surface area (Å²) in [6, 6.07) is 5.14. The monoisotopic (exact) mass is 340 g/mol. The Morgan fingerprint density at radius 3 is 2.76 bits per heavy atom. The summed E-state index contributed by atoms with van der Waals surface area (Å²) in [6.45, 7) is 1.36. The Labute approximate surface area is 142 Å². The van der Waals surface area contributed by atoms with Gasteiger partial charge in [0.2, 0.25) is 0 Å². The van der Waals surface area contributed by atoms with Crippen molar-refractivity contribution < 1.29 is 4.92 Å². The van der Waals surface area contributed by atoms with Gasteiger partial charge in [-0.3, -0.25) is 19.6 Å². The number of nitro groups is 1. The maximum atomic E-state index is 11.9. The molecule has 3 aromatic rings. The lowest BCUT2D eigenvalue weighted by Gasteiger charge is -2.33. The van der Waals surface area contributed by atoms with E-state index in [1.54, 1.807) is 12.3 Å². The molecule has 1 saturated heterocycles. The lowest BCUT2D eigenvalue weighted by Crippen LogP contribution is -2.35. The Hall–Kier alpha value is -3.23. The van der Waals surface area contributed by atoms with Gasteiger partial charge in [0, 0.05) is 31.5 Å². The van der Waals surface area contributed by atoms with E-state index in [1.165, 1.54) is 12.4 Å². The first-order valence-corrected chi connectivity index (χ1v) is 8.03. The number of rotatable bonds is 3. The highest BCUT2D eigenvalue weighted by atomic mass is 16.6. The fourth-order valence-corrected chi connectivity index (χ4v) is 3.36. The first-order chi connectivity index (χ1) is 12.1. The third-order valence-electron chi connectivity index (χ3n) is 4.64. The molecule has 0 aliphatic carbocycles. The van der Waals surface area contributed by atoms with Crippen molar-refractivity contribution in [3.05, 3.63) is 57.4 Å². The highest BCUT2D eigenvalue weighted by Gasteiger charge is 2.27. The molecule has 9 heteroatoms. The lowest BCUT2D eigenvalue weighted by molar-refractivity contribution is -0.384. The topological polar surface area (TPSA) is 110 Å². The predicted molar refractivity (Wildman–Crippen MR) is 91.7 cm³/mol. The number of piperidine rings is 1. The number of hydrogen-bond acceptors (Lipinski definition) is 6. The molecule has 2 aromatic heterocycles. The molecule has 0 saturated carbocycles. The minimum absolute atomic E-state index is 0.0662. The largest absolute Gasteiger partial charge is 0.366 e. The average molecular weight is 340 g/mol. The molecule has 0 radical (unpaired) electrons. The first-order valence-electron chi connectivity index (χ1n) is 8.03. The fourth-order valence-electron chi connectivity index (χ4n) is 3.36. The Balaban J connectivity index is 1.68. The second-order valence-corrected chi connectivity index (χ2v) is 6.05. The normalized spacial score (nSPS) is 15.6. The number of hydrogen-bond donors (Lipinski definition) is 1. The molecule has 1 aromatic carbocycles. The second kappa shape index (κ2) is 6.00. The molecule has 0 spiro atoms. The van der Waals surface area contributed by atoms with Gasteiger partial charge in [-0.15, -0.1) is 0 Å². The van der Waals surface area contributed by atoms with Gasteiger partial charge in [-0.05, 0) is 25.0 Å². The van der Waals surface area contributed by atoms with Gasteiger partial charge in [0.25, 0.3) is 11.2 Å². The van der Waals surface area contributed by atoms with Crippen LogP contribution in [0.2, 0.25) is 0 Å². The van der Waals surface area contributed by atoms with Gasteiger partial charge in [-0.2, -0.15) is 5.10 Å². The zero-order valence-corrected chi connectivity index (χ0v) is 13.3. The highest BCUT2D eigenvalue weighted by molar-refractivity contribution is 5.87. The number of nitrogens with zero attached hydrogens (tertiary/aromatic N) is 5. The van der Waals surface area contributed by atoms with Crippen LogP contribution in [0.25, 0.3) is 10.9 Å². The number of benzene rings is 1. The summed E-state index contributed by atoms with van der Waals surface area (Å²) < 4.78 is 1.94. The number of fused-ring (bicyclic) bond motifs is 1. The van der Waals surface area contributed by atoms with Crippen molar-refractivity contribution in [1.29, 1.82) is 0 Å². The number of nitrogens with one attached hydrogen (secondary N) is 1. The van der Waals surface area contributed by atoms with E-state index >= 15 is 0 Å². The van der Waals surface area contributed by atoms with Crippen molar-refractivity contribution in [1.82, 2.24) is 19.7 Å². The minimum Gasteiger partial charge on any atom is -0.366 e. The molecule has 25 heavy (non-hydrogen) atoms. The molecule has 1 aliphatic heterocycles. The number of nitro benzene ring substituents is 1. The highest BCUT2D eigenvalue weighted by Crippen LogP contribution is 2.34. The molecular formula is C16H16N6O3. The van der Waals surface area contributed by atoms with Crippen LogP contribution in [0.4, 0.5) is 11.4 Å². The third kappa shape index (κ3) is 2.73. The van der Waals surface area contributed by atoms with Gasteiger partial charge in [0.1, 0.15) is 5.69 Å². The zero-order chi connectivity index (χ0) is 17.4. The van der Waals surface area contributed by atoms with E-state index in [0.29, 0.717) is 30.3 Å². The smallest absolute Gasteiger partial charge is 0.293 e. The van der Waals surface area contributed by atoms with Crippen LogP contribution in [-0.4, -0.2) is 37.8 Å². The van der Waals surface area contributed by atoms with Crippen LogP contribution in [0.5, 0.6) is 0 Å². The van der Waals surface area contributed by atoms with Crippen molar-refractivity contribution in [2.75, 3.05) is 18.0 Å². The van der Waals surface area contributed by atoms with Gasteiger partial charge < -0.3 is 9.88 Å². The molecule has 128 valence electrons. The van der Waals surface area contributed by atoms with Gasteiger partial charge in [-0.25, -0.2) is 4.98 Å². The first kappa shape index (κ1) is 15.3. The van der Waals surface area contributed by atoms with Crippen LogP contribution < -0.4 is 10.5 Å². The van der Waals surface area contributed by atoms with Crippen LogP contribution in [0.15, 0.2) is 41.7 Å². The Bertz CT molecular complexity index is 973. The summed E-state index contributed by atoms with van der Waals surface area (Å²) in [6.07, 6.45) is 6.70. The van der Waals surface area contributed by atoms with Crippen molar-refractivity contribution in [2.45, 2.75) is 18.9 Å². The van der Waals surface area contributed by atoms with E-state index in [2.05, 4.69) is 15.1 Å². The summed E-state index contributed by atoms with van der Waals surface area (Å²) >= 11 is 0. The van der Waals surface area contributed by atoms with Crippen LogP contribution in [0, 0.1) is 10.1 Å². The summed E-state index contributed by atoms with van der Waals surface area (Å²) in [4.78, 5) is 31.5. The standard InChI is InChI=1S/C16H16N6O3/c23-16-12-8-15(22(24)25)14(9-13(12)17-10-18-16)20-6-2-11(3-7-20)21-5-1-4-19-21/h1,4-5,8-11H,2-3,6-7H2,(H,17,18,23). The molecule has 0 unspecified atom stereocenters. The molecular weight excluding hydrogens is 324 g/mol. The molecule has 9 nitrogen and oxygen atoms in total. The molecule has 1 aliphatic rings. The van der Waals surface area contributed by atoms with Crippen LogP contribution in [-0.2, 0) is 0 Å². The van der Waals surface area contributed by atoms with Crippen molar-refractivity contribution in [2.24, 2.45) is 0 Å². The van der Waals surface area contributed by atoms with Crippen molar-refractivity contribution in [3.63, 3.8) is 0 Å². The summed E-state index contributed by atoms with van der Waals surface area (Å²) in [5.74, 6) is 0. The zero-order valence-electron chi connectivity index (χ0n) is 13.3. The molecule has 1 N–H and O–H groups in total. The van der Waals surface area contributed by atoms with E-state index in [-0.39, 0.29) is 16.6 Å². The Morgan fingerprint density at radius 2 is 2.08 bits per heavy atom. The predicted octanol–water partition coefficient (Wildman–Crippen LogP) is 1.87. The Morgan fingerprint density at radius 1 is 1.28 bits per heavy atom. The SMILES string of the molecule is O=c1[nH]cnc2cc(N3CCC(n4cccn4)CC3)c([N+](=O)[O-])cc12. The maximum Gasteiger partial charge on any atom is 0.293 e. The fraction of sp³-hybridized carbons (Fsp3) is 0.312. The van der Waals surface area contributed by atoms with Crippen LogP contribution in [0.1, 0.15) is 18.9 Å². The van der Waals surface area contributed by atoms with Crippen LogP contribution >= 0.6 is 0 Å². The van der Waals surface area contributed by atoms with E-state index in [4.69, 9.17) is 0 Å². The third-order valence-corrected chi connectivity index (χ3v) is 4.64. The van der Waals surface area contributed by atoms with Crippen molar-refractivity contribution in [3.8, 4) is 0 Å². The van der Waals surface area contributed by atoms with E-state index in [0.717, 1.165) is 12.8 Å². The second-order valence-electron chi connectivity index (χ2n) is 6.05. The summed E-state index contributed by atoms with van der Waals surface area (Å²) in [7, 11) is 0. The van der Waals surface area contributed by atoms with Gasteiger partial charge in [-0.1, -0.05) is 0 Å². The van der Waals surface area contributed by atoms with Crippen LogP contribution in [0.3, 0.4) is 0 Å². The van der Waals surface area contributed by atoms with Gasteiger partial charge >= 0.3 is 0 Å².